The van der Waals surface area contributed by atoms with Crippen LogP contribution in [0.4, 0.5) is 16.5 Å². The van der Waals surface area contributed by atoms with Crippen LogP contribution >= 0.6 is 23.1 Å². The minimum absolute atomic E-state index is 0.110. The number of nitrogens with one attached hydrogen (secondary N) is 2. The second-order valence-corrected chi connectivity index (χ2v) is 7.25. The zero-order valence-corrected chi connectivity index (χ0v) is 15.3. The lowest BCUT2D eigenvalue weighted by Crippen LogP contribution is -2.14. The predicted octanol–water partition coefficient (Wildman–Crippen LogP) is 2.68. The Balaban J connectivity index is 1.81. The lowest BCUT2D eigenvalue weighted by molar-refractivity contribution is -0.116. The Hall–Kier alpha value is -2.13. The number of aromatic nitrogens is 2. The van der Waals surface area contributed by atoms with E-state index in [1.54, 1.807) is 6.92 Å². The molecule has 1 aromatic heterocycles. The summed E-state index contributed by atoms with van der Waals surface area (Å²) in [4.78, 5) is 25.3. The fraction of sp³-hybridized carbons (Fsp3) is 0.333. The average Bonchev–Trinajstić information content (AvgIpc) is 3.00. The topological polar surface area (TPSA) is 87.2 Å². The summed E-state index contributed by atoms with van der Waals surface area (Å²) in [5.74, 6) is -0.000219. The number of anilines is 3. The highest BCUT2D eigenvalue weighted by atomic mass is 32.2. The summed E-state index contributed by atoms with van der Waals surface area (Å²) in [5.41, 5.74) is 1.82. The van der Waals surface area contributed by atoms with Crippen molar-refractivity contribution in [2.24, 2.45) is 0 Å². The minimum atomic E-state index is -0.119. The van der Waals surface area contributed by atoms with Gasteiger partial charge in [-0.15, -0.1) is 10.2 Å². The van der Waals surface area contributed by atoms with Crippen molar-refractivity contribution in [3.63, 3.8) is 0 Å². The molecule has 2 amide bonds. The van der Waals surface area contributed by atoms with Crippen molar-refractivity contribution in [2.45, 2.75) is 17.7 Å². The molecule has 0 atom stereocenters. The van der Waals surface area contributed by atoms with Crippen LogP contribution in [0.15, 0.2) is 28.6 Å². The average molecular weight is 365 g/mol. The number of thioether (sulfide) groups is 1. The van der Waals surface area contributed by atoms with E-state index in [0.717, 1.165) is 11.4 Å². The Morgan fingerprint density at radius 2 is 1.83 bits per heavy atom. The maximum atomic E-state index is 12.0. The first kappa shape index (κ1) is 18.2. The molecular formula is C15H19N5O2S2. The molecule has 0 radical (unpaired) electrons. The van der Waals surface area contributed by atoms with Crippen molar-refractivity contribution in [3.05, 3.63) is 24.3 Å². The van der Waals surface area contributed by atoms with Gasteiger partial charge in [0.25, 0.3) is 0 Å². The molecule has 9 heteroatoms. The van der Waals surface area contributed by atoms with E-state index >= 15 is 0 Å². The third kappa shape index (κ3) is 5.50. The standard InChI is InChI=1S/C15H19N5O2S2/c1-4-12(21)17-14-18-19-15(24-14)23-9-13(22)16-10-5-7-11(8-6-10)20(2)3/h5-8H,4,9H2,1-3H3,(H,16,22)(H,17,18,21). The molecule has 24 heavy (non-hydrogen) atoms. The van der Waals surface area contributed by atoms with E-state index in [9.17, 15) is 9.59 Å². The van der Waals surface area contributed by atoms with Gasteiger partial charge in [-0.1, -0.05) is 30.0 Å². The number of carbonyl (C=O) groups is 2. The van der Waals surface area contributed by atoms with Crippen molar-refractivity contribution in [1.82, 2.24) is 10.2 Å². The molecule has 0 bridgehead atoms. The number of hydrogen-bond donors (Lipinski definition) is 2. The normalized spacial score (nSPS) is 10.3. The SMILES string of the molecule is CCC(=O)Nc1nnc(SCC(=O)Nc2ccc(N(C)C)cc2)s1. The lowest BCUT2D eigenvalue weighted by Gasteiger charge is -2.12. The van der Waals surface area contributed by atoms with Gasteiger partial charge >= 0.3 is 0 Å². The van der Waals surface area contributed by atoms with Crippen molar-refractivity contribution < 1.29 is 9.59 Å². The second-order valence-electron chi connectivity index (χ2n) is 5.05. The molecule has 2 aromatic rings. The van der Waals surface area contributed by atoms with Gasteiger partial charge in [-0.2, -0.15) is 0 Å². The maximum absolute atomic E-state index is 12.0. The largest absolute Gasteiger partial charge is 0.378 e. The van der Waals surface area contributed by atoms with Crippen LogP contribution in [-0.4, -0.2) is 41.9 Å². The van der Waals surface area contributed by atoms with Crippen molar-refractivity contribution in [1.29, 1.82) is 0 Å². The van der Waals surface area contributed by atoms with Crippen molar-refractivity contribution in [3.8, 4) is 0 Å². The van der Waals surface area contributed by atoms with Gasteiger partial charge in [-0.25, -0.2) is 0 Å². The van der Waals surface area contributed by atoms with Gasteiger partial charge in [0.1, 0.15) is 0 Å². The molecule has 0 saturated heterocycles. The minimum Gasteiger partial charge on any atom is -0.378 e. The van der Waals surface area contributed by atoms with Crippen LogP contribution < -0.4 is 15.5 Å². The van der Waals surface area contributed by atoms with E-state index in [0.29, 0.717) is 15.9 Å². The van der Waals surface area contributed by atoms with E-state index in [2.05, 4.69) is 20.8 Å². The molecule has 128 valence electrons. The van der Waals surface area contributed by atoms with Gasteiger partial charge in [-0.05, 0) is 24.3 Å². The smallest absolute Gasteiger partial charge is 0.234 e. The summed E-state index contributed by atoms with van der Waals surface area (Å²) in [7, 11) is 3.92. The summed E-state index contributed by atoms with van der Waals surface area (Å²) in [6, 6.07) is 7.61. The monoisotopic (exact) mass is 365 g/mol. The predicted molar refractivity (Wildman–Crippen MR) is 99.0 cm³/mol. The van der Waals surface area contributed by atoms with E-state index in [1.165, 1.54) is 23.1 Å². The van der Waals surface area contributed by atoms with Gasteiger partial charge in [0, 0.05) is 31.9 Å². The molecule has 0 aliphatic rings. The summed E-state index contributed by atoms with van der Waals surface area (Å²) >= 11 is 2.54. The summed E-state index contributed by atoms with van der Waals surface area (Å²) in [6.45, 7) is 1.77. The molecule has 1 heterocycles. The molecule has 7 nitrogen and oxygen atoms in total. The quantitative estimate of drug-likeness (QED) is 0.579. The molecule has 0 fully saturated rings. The Morgan fingerprint density at radius 3 is 2.46 bits per heavy atom. The Kier molecular flexibility index (Phi) is 6.56. The molecule has 0 aliphatic heterocycles. The maximum Gasteiger partial charge on any atom is 0.234 e. The number of hydrogen-bond acceptors (Lipinski definition) is 7. The van der Waals surface area contributed by atoms with E-state index < -0.39 is 0 Å². The first-order valence-corrected chi connectivity index (χ1v) is 9.11. The molecule has 2 N–H and O–H groups in total. The van der Waals surface area contributed by atoms with Gasteiger partial charge in [-0.3, -0.25) is 9.59 Å². The lowest BCUT2D eigenvalue weighted by atomic mass is 10.2. The summed E-state index contributed by atoms with van der Waals surface area (Å²) in [6.07, 6.45) is 0.386. The summed E-state index contributed by atoms with van der Waals surface area (Å²) in [5, 5.41) is 13.7. The third-order valence-corrected chi connectivity index (χ3v) is 4.94. The third-order valence-electron chi connectivity index (χ3n) is 2.97. The van der Waals surface area contributed by atoms with Crippen LogP contribution in [0.5, 0.6) is 0 Å². The van der Waals surface area contributed by atoms with Crippen LogP contribution in [-0.2, 0) is 9.59 Å². The number of benzene rings is 1. The molecular weight excluding hydrogens is 346 g/mol. The number of amides is 2. The number of rotatable bonds is 7. The van der Waals surface area contributed by atoms with E-state index in [4.69, 9.17) is 0 Å². The van der Waals surface area contributed by atoms with Gasteiger partial charge in [0.05, 0.1) is 5.75 Å². The van der Waals surface area contributed by atoms with E-state index in [1.807, 2.05) is 43.3 Å². The Bertz CT molecular complexity index is 700. The van der Waals surface area contributed by atoms with Gasteiger partial charge in [0.2, 0.25) is 16.9 Å². The van der Waals surface area contributed by atoms with Gasteiger partial charge < -0.3 is 15.5 Å². The van der Waals surface area contributed by atoms with Gasteiger partial charge in [0.15, 0.2) is 4.34 Å². The fourth-order valence-electron chi connectivity index (χ4n) is 1.69. The van der Waals surface area contributed by atoms with Crippen molar-refractivity contribution >= 4 is 51.4 Å². The Labute approximate surface area is 148 Å². The zero-order valence-electron chi connectivity index (χ0n) is 13.7. The fourth-order valence-corrected chi connectivity index (χ4v) is 3.26. The number of nitrogens with zero attached hydrogens (tertiary/aromatic N) is 3. The van der Waals surface area contributed by atoms with Crippen LogP contribution in [0.1, 0.15) is 13.3 Å². The molecule has 0 aliphatic carbocycles. The molecule has 0 spiro atoms. The number of carbonyl (C=O) groups excluding carboxylic acids is 2. The highest BCUT2D eigenvalue weighted by Gasteiger charge is 2.10. The highest BCUT2D eigenvalue weighted by Crippen LogP contribution is 2.25. The zero-order chi connectivity index (χ0) is 17.5. The second kappa shape index (κ2) is 8.65. The van der Waals surface area contributed by atoms with Crippen LogP contribution in [0, 0.1) is 0 Å². The summed E-state index contributed by atoms with van der Waals surface area (Å²) < 4.78 is 0.638. The van der Waals surface area contributed by atoms with Crippen LogP contribution in [0.3, 0.4) is 0 Å². The molecule has 0 unspecified atom stereocenters. The highest BCUT2D eigenvalue weighted by molar-refractivity contribution is 8.01. The van der Waals surface area contributed by atoms with Crippen molar-refractivity contribution in [2.75, 3.05) is 35.4 Å². The molecule has 1 aromatic carbocycles. The Morgan fingerprint density at radius 1 is 1.12 bits per heavy atom. The first-order chi connectivity index (χ1) is 11.5. The van der Waals surface area contributed by atoms with Crippen LogP contribution in [0.25, 0.3) is 0 Å². The van der Waals surface area contributed by atoms with Crippen LogP contribution in [0.2, 0.25) is 0 Å². The first-order valence-electron chi connectivity index (χ1n) is 7.31. The molecule has 0 saturated carbocycles. The molecule has 2 rings (SSSR count). The van der Waals surface area contributed by atoms with E-state index in [-0.39, 0.29) is 17.6 Å².